The molecule has 1 unspecified atom stereocenters. The fourth-order valence-corrected chi connectivity index (χ4v) is 4.16. The molecule has 0 radical (unpaired) electrons. The fourth-order valence-electron chi connectivity index (χ4n) is 4.16. The van der Waals surface area contributed by atoms with E-state index in [1.54, 1.807) is 0 Å². The normalized spacial score (nSPS) is 26.0. The molecule has 2 aliphatic rings. The third kappa shape index (κ3) is 5.35. The van der Waals surface area contributed by atoms with Gasteiger partial charge in [0.25, 0.3) is 0 Å². The first-order chi connectivity index (χ1) is 11.6. The van der Waals surface area contributed by atoms with Crippen LogP contribution < -0.4 is 5.32 Å². The molecule has 2 aliphatic heterocycles. The molecule has 1 amide bonds. The van der Waals surface area contributed by atoms with Crippen LogP contribution in [-0.4, -0.2) is 71.8 Å². The highest BCUT2D eigenvalue weighted by Crippen LogP contribution is 2.29. The van der Waals surface area contributed by atoms with Gasteiger partial charge in [-0.3, -0.25) is 9.48 Å². The zero-order chi connectivity index (χ0) is 17.1. The van der Waals surface area contributed by atoms with E-state index in [0.717, 1.165) is 26.1 Å². The summed E-state index contributed by atoms with van der Waals surface area (Å²) in [5.41, 5.74) is 1.17. The summed E-state index contributed by atoms with van der Waals surface area (Å²) in [6.45, 7) is 3.68. The van der Waals surface area contributed by atoms with Crippen molar-refractivity contribution in [2.45, 2.75) is 37.6 Å². The Kier molecular flexibility index (Phi) is 9.38. The maximum atomic E-state index is 12.9. The highest BCUT2D eigenvalue weighted by atomic mass is 35.5. The monoisotopic (exact) mass is 405 g/mol. The summed E-state index contributed by atoms with van der Waals surface area (Å²) in [4.78, 5) is 17.3. The molecule has 0 aliphatic carbocycles. The molecule has 1 aromatic heterocycles. The van der Waals surface area contributed by atoms with E-state index in [4.69, 9.17) is 0 Å². The summed E-state index contributed by atoms with van der Waals surface area (Å²) in [5.74, 6) is 0.543. The van der Waals surface area contributed by atoms with Crippen molar-refractivity contribution in [3.05, 3.63) is 18.0 Å². The van der Waals surface area contributed by atoms with Gasteiger partial charge in [0.15, 0.2) is 0 Å². The zero-order valence-electron chi connectivity index (χ0n) is 16.1. The highest BCUT2D eigenvalue weighted by molar-refractivity contribution is 5.85. The third-order valence-electron chi connectivity index (χ3n) is 5.78. The van der Waals surface area contributed by atoms with Gasteiger partial charge in [0, 0.05) is 51.9 Å². The molecular formula is C18H33Cl2N5O. The van der Waals surface area contributed by atoms with E-state index in [1.807, 2.05) is 36.1 Å². The maximum absolute atomic E-state index is 12.9. The number of carbonyl (C=O) groups excluding carboxylic acids is 1. The molecule has 3 heterocycles. The molecular weight excluding hydrogens is 373 g/mol. The predicted octanol–water partition coefficient (Wildman–Crippen LogP) is 1.90. The fraction of sp³-hybridized carbons (Fsp3) is 0.778. The average molecular weight is 406 g/mol. The van der Waals surface area contributed by atoms with Gasteiger partial charge in [-0.15, -0.1) is 24.8 Å². The topological polar surface area (TPSA) is 53.4 Å². The molecule has 1 N–H and O–H groups in total. The summed E-state index contributed by atoms with van der Waals surface area (Å²) in [5, 5.41) is 7.65. The van der Waals surface area contributed by atoms with Gasteiger partial charge in [-0.2, -0.15) is 5.10 Å². The Morgan fingerprint density at radius 1 is 1.31 bits per heavy atom. The Morgan fingerprint density at radius 2 is 2.08 bits per heavy atom. The molecule has 3 atom stereocenters. The van der Waals surface area contributed by atoms with Crippen LogP contribution in [-0.2, 0) is 11.8 Å². The number of piperidine rings is 1. The Hall–Kier alpha value is -0.820. The van der Waals surface area contributed by atoms with E-state index < -0.39 is 0 Å². The molecule has 1 aromatic rings. The zero-order valence-corrected chi connectivity index (χ0v) is 17.7. The molecule has 6 nitrogen and oxygen atoms in total. The molecule has 3 rings (SSSR count). The van der Waals surface area contributed by atoms with Crippen molar-refractivity contribution in [1.29, 1.82) is 0 Å². The number of likely N-dealkylation sites (tertiary alicyclic amines) is 1. The van der Waals surface area contributed by atoms with Gasteiger partial charge in [-0.1, -0.05) is 6.42 Å². The first-order valence-electron chi connectivity index (χ1n) is 9.20. The third-order valence-corrected chi connectivity index (χ3v) is 5.78. The van der Waals surface area contributed by atoms with Crippen molar-refractivity contribution in [3.8, 4) is 0 Å². The molecule has 150 valence electrons. The van der Waals surface area contributed by atoms with Crippen LogP contribution in [0.4, 0.5) is 0 Å². The lowest BCUT2D eigenvalue weighted by atomic mass is 9.89. The number of nitrogens with zero attached hydrogens (tertiary/aromatic N) is 4. The largest absolute Gasteiger partial charge is 0.345 e. The Labute approximate surface area is 169 Å². The number of nitrogens with one attached hydrogen (secondary N) is 1. The minimum atomic E-state index is 0. The second kappa shape index (κ2) is 10.5. The molecule has 8 heteroatoms. The molecule has 0 bridgehead atoms. The number of rotatable bonds is 5. The molecule has 0 spiro atoms. The number of hydrogen-bond acceptors (Lipinski definition) is 4. The van der Waals surface area contributed by atoms with E-state index in [9.17, 15) is 4.79 Å². The van der Waals surface area contributed by atoms with Gasteiger partial charge in [-0.25, -0.2) is 0 Å². The summed E-state index contributed by atoms with van der Waals surface area (Å²) in [6.07, 6.45) is 8.91. The van der Waals surface area contributed by atoms with Gasteiger partial charge in [0.1, 0.15) is 0 Å². The van der Waals surface area contributed by atoms with E-state index >= 15 is 0 Å². The van der Waals surface area contributed by atoms with Crippen LogP contribution in [0.15, 0.2) is 12.4 Å². The van der Waals surface area contributed by atoms with Crippen LogP contribution in [0.2, 0.25) is 0 Å². The smallest absolute Gasteiger partial charge is 0.227 e. The summed E-state index contributed by atoms with van der Waals surface area (Å²) in [7, 11) is 6.10. The summed E-state index contributed by atoms with van der Waals surface area (Å²) in [6, 6.07) is 0.629. The Balaban J connectivity index is 0.00000169. The van der Waals surface area contributed by atoms with E-state index in [0.29, 0.717) is 6.04 Å². The minimum Gasteiger partial charge on any atom is -0.345 e. The highest BCUT2D eigenvalue weighted by Gasteiger charge is 2.36. The van der Waals surface area contributed by atoms with Gasteiger partial charge in [0.05, 0.1) is 12.1 Å². The lowest BCUT2D eigenvalue weighted by Gasteiger charge is -2.34. The van der Waals surface area contributed by atoms with Crippen LogP contribution in [0.5, 0.6) is 0 Å². The molecule has 2 saturated heterocycles. The number of halogens is 2. The van der Waals surface area contributed by atoms with Gasteiger partial charge < -0.3 is 15.1 Å². The lowest BCUT2D eigenvalue weighted by Crippen LogP contribution is -2.41. The maximum Gasteiger partial charge on any atom is 0.227 e. The minimum absolute atomic E-state index is 0. The number of aromatic nitrogens is 2. The molecule has 26 heavy (non-hydrogen) atoms. The Bertz CT molecular complexity index is 568. The number of amides is 1. The number of aryl methyl sites for hydroxylation is 1. The van der Waals surface area contributed by atoms with Gasteiger partial charge in [-0.05, 0) is 38.4 Å². The second-order valence-electron chi connectivity index (χ2n) is 7.50. The summed E-state index contributed by atoms with van der Waals surface area (Å²) < 4.78 is 1.82. The van der Waals surface area contributed by atoms with E-state index in [1.165, 1.54) is 31.4 Å². The van der Waals surface area contributed by atoms with Crippen molar-refractivity contribution in [3.63, 3.8) is 0 Å². The average Bonchev–Trinajstić information content (AvgIpc) is 3.21. The van der Waals surface area contributed by atoms with Crippen molar-refractivity contribution in [2.24, 2.45) is 13.0 Å². The molecule has 0 saturated carbocycles. The van der Waals surface area contributed by atoms with Crippen LogP contribution >= 0.6 is 24.8 Å². The van der Waals surface area contributed by atoms with Gasteiger partial charge in [0.2, 0.25) is 5.91 Å². The first kappa shape index (κ1) is 23.2. The first-order valence-corrected chi connectivity index (χ1v) is 9.20. The lowest BCUT2D eigenvalue weighted by molar-refractivity contribution is -0.134. The van der Waals surface area contributed by atoms with Crippen LogP contribution in [0.1, 0.15) is 37.2 Å². The van der Waals surface area contributed by atoms with Crippen LogP contribution in [0.3, 0.4) is 0 Å². The number of carbonyl (C=O) groups is 1. The number of hydrogen-bond donors (Lipinski definition) is 1. The van der Waals surface area contributed by atoms with E-state index in [-0.39, 0.29) is 42.6 Å². The van der Waals surface area contributed by atoms with Crippen molar-refractivity contribution < 1.29 is 4.79 Å². The summed E-state index contributed by atoms with van der Waals surface area (Å²) >= 11 is 0. The standard InChI is InChI=1S/C18H31N5O.2ClH/c1-21-8-5-4-6-15(21)7-9-22(2)18(24)17-12-19-11-16(17)14-10-20-23(3)13-14;;/h10,13,15-17,19H,4-9,11-12H2,1-3H3;2*1H/t15?,16-,17+;;/m1../s1. The van der Waals surface area contributed by atoms with Crippen molar-refractivity contribution >= 4 is 30.7 Å². The van der Waals surface area contributed by atoms with Gasteiger partial charge >= 0.3 is 0 Å². The van der Waals surface area contributed by atoms with Crippen molar-refractivity contribution in [1.82, 2.24) is 24.9 Å². The SMILES string of the molecule is CN(CCC1CCCCN1C)C(=O)[C@H]1CNC[C@@H]1c1cnn(C)c1.Cl.Cl. The Morgan fingerprint density at radius 3 is 2.73 bits per heavy atom. The van der Waals surface area contributed by atoms with Crippen molar-refractivity contribution in [2.75, 3.05) is 40.3 Å². The quantitative estimate of drug-likeness (QED) is 0.812. The van der Waals surface area contributed by atoms with Crippen LogP contribution in [0, 0.1) is 5.92 Å². The predicted molar refractivity (Wildman–Crippen MR) is 109 cm³/mol. The molecule has 0 aromatic carbocycles. The second-order valence-corrected chi connectivity index (χ2v) is 7.50. The van der Waals surface area contributed by atoms with Crippen LogP contribution in [0.25, 0.3) is 0 Å². The molecule has 2 fully saturated rings. The van der Waals surface area contributed by atoms with E-state index in [2.05, 4.69) is 22.4 Å².